The minimum Gasteiger partial charge on any atom is -0.392 e. The van der Waals surface area contributed by atoms with Crippen LogP contribution in [-0.4, -0.2) is 55.5 Å². The third-order valence-electron chi connectivity index (χ3n) is 6.06. The molecule has 0 unspecified atom stereocenters. The van der Waals surface area contributed by atoms with Gasteiger partial charge in [-0.2, -0.15) is 0 Å². The standard InChI is InChI=1S/C23H29N3O4/c27-15-16-5-7-17(8-6-16)22(29)13-19(28)14-25-11-9-18(10-12-25)26-21-4-2-1-3-20(21)24-23(26)30/h1-8,18-19,22,27-29H,9-15H2,(H,24,30)/t19-,22+/m0/s1. The van der Waals surface area contributed by atoms with E-state index in [1.807, 2.05) is 28.8 Å². The molecule has 2 aromatic carbocycles. The van der Waals surface area contributed by atoms with Crippen LogP contribution in [0.4, 0.5) is 0 Å². The summed E-state index contributed by atoms with van der Waals surface area (Å²) in [4.78, 5) is 17.5. The first-order valence-corrected chi connectivity index (χ1v) is 10.5. The van der Waals surface area contributed by atoms with E-state index in [4.69, 9.17) is 5.11 Å². The summed E-state index contributed by atoms with van der Waals surface area (Å²) in [5, 5.41) is 30.0. The van der Waals surface area contributed by atoms with Crippen LogP contribution in [0.25, 0.3) is 11.0 Å². The maximum Gasteiger partial charge on any atom is 0.326 e. The van der Waals surface area contributed by atoms with E-state index >= 15 is 0 Å². The number of likely N-dealkylation sites (tertiary alicyclic amines) is 1. The molecule has 2 atom stereocenters. The van der Waals surface area contributed by atoms with Crippen LogP contribution in [0.5, 0.6) is 0 Å². The lowest BCUT2D eigenvalue weighted by molar-refractivity contribution is 0.0445. The predicted octanol–water partition coefficient (Wildman–Crippen LogP) is 1.94. The number of piperidine rings is 1. The Morgan fingerprint density at radius 3 is 2.43 bits per heavy atom. The lowest BCUT2D eigenvalue weighted by atomic mass is 10.0. The third kappa shape index (κ3) is 4.49. The van der Waals surface area contributed by atoms with Crippen LogP contribution in [0, 0.1) is 0 Å². The topological polar surface area (TPSA) is 102 Å². The molecule has 0 amide bonds. The number of aromatic amines is 1. The number of para-hydroxylation sites is 2. The normalized spacial score (nSPS) is 18.0. The first-order chi connectivity index (χ1) is 14.5. The van der Waals surface area contributed by atoms with E-state index in [9.17, 15) is 15.0 Å². The van der Waals surface area contributed by atoms with Gasteiger partial charge in [-0.15, -0.1) is 0 Å². The van der Waals surface area contributed by atoms with E-state index in [2.05, 4.69) is 9.88 Å². The predicted molar refractivity (Wildman–Crippen MR) is 115 cm³/mol. The molecule has 7 nitrogen and oxygen atoms in total. The summed E-state index contributed by atoms with van der Waals surface area (Å²) in [6.45, 7) is 2.07. The van der Waals surface area contributed by atoms with E-state index in [1.54, 1.807) is 24.3 Å². The largest absolute Gasteiger partial charge is 0.392 e. The number of aliphatic hydroxyl groups is 3. The maximum atomic E-state index is 12.4. The number of hydrogen-bond acceptors (Lipinski definition) is 5. The fourth-order valence-electron chi connectivity index (χ4n) is 4.41. The second-order valence-corrected chi connectivity index (χ2v) is 8.15. The van der Waals surface area contributed by atoms with Crippen LogP contribution in [0.2, 0.25) is 0 Å². The Morgan fingerprint density at radius 1 is 1.03 bits per heavy atom. The number of aromatic nitrogens is 2. The van der Waals surface area contributed by atoms with Crippen LogP contribution in [-0.2, 0) is 6.61 Å². The van der Waals surface area contributed by atoms with Gasteiger partial charge in [-0.25, -0.2) is 4.79 Å². The third-order valence-corrected chi connectivity index (χ3v) is 6.06. The number of fused-ring (bicyclic) bond motifs is 1. The van der Waals surface area contributed by atoms with Crippen molar-refractivity contribution >= 4 is 11.0 Å². The average Bonchev–Trinajstić information content (AvgIpc) is 3.10. The number of imidazole rings is 1. The lowest BCUT2D eigenvalue weighted by Gasteiger charge is -2.34. The van der Waals surface area contributed by atoms with Crippen molar-refractivity contribution in [1.29, 1.82) is 0 Å². The van der Waals surface area contributed by atoms with Crippen molar-refractivity contribution in [3.63, 3.8) is 0 Å². The smallest absolute Gasteiger partial charge is 0.326 e. The molecule has 1 aliphatic rings. The second kappa shape index (κ2) is 9.14. The minimum atomic E-state index is -0.741. The molecule has 3 aromatic rings. The second-order valence-electron chi connectivity index (χ2n) is 8.15. The Hall–Kier alpha value is -2.45. The van der Waals surface area contributed by atoms with Crippen molar-refractivity contribution < 1.29 is 15.3 Å². The van der Waals surface area contributed by atoms with Crippen LogP contribution in [0.3, 0.4) is 0 Å². The molecule has 0 spiro atoms. The minimum absolute atomic E-state index is 0.0281. The highest BCUT2D eigenvalue weighted by molar-refractivity contribution is 5.75. The molecule has 0 saturated carbocycles. The summed E-state index contributed by atoms with van der Waals surface area (Å²) in [6, 6.07) is 15.0. The molecule has 4 rings (SSSR count). The van der Waals surface area contributed by atoms with Crippen molar-refractivity contribution in [2.45, 2.75) is 44.1 Å². The van der Waals surface area contributed by atoms with Crippen LogP contribution in [0.1, 0.15) is 42.5 Å². The Kier molecular flexibility index (Phi) is 6.34. The van der Waals surface area contributed by atoms with E-state index in [-0.39, 0.29) is 24.8 Å². The summed E-state index contributed by atoms with van der Waals surface area (Å²) in [5.41, 5.74) is 3.27. The zero-order valence-corrected chi connectivity index (χ0v) is 16.9. The number of hydrogen-bond donors (Lipinski definition) is 4. The van der Waals surface area contributed by atoms with Crippen LogP contribution in [0.15, 0.2) is 53.3 Å². The Bertz CT molecular complexity index is 1020. The highest BCUT2D eigenvalue weighted by atomic mass is 16.3. The summed E-state index contributed by atoms with van der Waals surface area (Å²) in [7, 11) is 0. The van der Waals surface area contributed by atoms with Gasteiger partial charge in [-0.1, -0.05) is 36.4 Å². The molecule has 1 aromatic heterocycles. The van der Waals surface area contributed by atoms with Gasteiger partial charge in [-0.05, 0) is 36.1 Å². The monoisotopic (exact) mass is 411 g/mol. The first-order valence-electron chi connectivity index (χ1n) is 10.5. The van der Waals surface area contributed by atoms with Gasteiger partial charge >= 0.3 is 5.69 Å². The number of β-amino-alcohol motifs (C(OH)–C–C–N with tert-alkyl or cyclic N) is 1. The van der Waals surface area contributed by atoms with Gasteiger partial charge in [0.2, 0.25) is 0 Å². The van der Waals surface area contributed by atoms with E-state index in [0.29, 0.717) is 6.54 Å². The van der Waals surface area contributed by atoms with Gasteiger partial charge in [-0.3, -0.25) is 4.57 Å². The van der Waals surface area contributed by atoms with Gasteiger partial charge in [0.25, 0.3) is 0 Å². The zero-order valence-electron chi connectivity index (χ0n) is 16.9. The number of nitrogens with one attached hydrogen (secondary N) is 1. The van der Waals surface area contributed by atoms with E-state index < -0.39 is 12.2 Å². The molecule has 0 bridgehead atoms. The van der Waals surface area contributed by atoms with E-state index in [1.165, 1.54) is 0 Å². The Balaban J connectivity index is 1.31. The molecule has 7 heteroatoms. The fraction of sp³-hybridized carbons (Fsp3) is 0.435. The van der Waals surface area contributed by atoms with Gasteiger partial charge in [0.15, 0.2) is 0 Å². The van der Waals surface area contributed by atoms with Crippen molar-refractivity contribution in [3.05, 3.63) is 70.1 Å². The summed E-state index contributed by atoms with van der Waals surface area (Å²) >= 11 is 0. The highest BCUT2D eigenvalue weighted by Gasteiger charge is 2.25. The molecule has 30 heavy (non-hydrogen) atoms. The summed E-state index contributed by atoms with van der Waals surface area (Å²) < 4.78 is 1.86. The Labute approximate surface area is 175 Å². The molecule has 1 saturated heterocycles. The van der Waals surface area contributed by atoms with Crippen molar-refractivity contribution in [1.82, 2.24) is 14.5 Å². The number of rotatable bonds is 7. The number of nitrogens with zero attached hydrogens (tertiary/aromatic N) is 2. The summed E-state index contributed by atoms with van der Waals surface area (Å²) in [5.74, 6) is 0. The molecule has 2 heterocycles. The van der Waals surface area contributed by atoms with Gasteiger partial charge < -0.3 is 25.2 Å². The number of aliphatic hydroxyl groups excluding tert-OH is 3. The summed E-state index contributed by atoms with van der Waals surface area (Å²) in [6.07, 6.45) is 0.583. The molecular formula is C23H29N3O4. The van der Waals surface area contributed by atoms with Gasteiger partial charge in [0.05, 0.1) is 29.8 Å². The molecule has 4 N–H and O–H groups in total. The molecule has 0 aliphatic carbocycles. The molecular weight excluding hydrogens is 382 g/mol. The molecule has 1 fully saturated rings. The molecule has 160 valence electrons. The van der Waals surface area contributed by atoms with Gasteiger partial charge in [0, 0.05) is 32.1 Å². The first kappa shape index (κ1) is 20.8. The molecule has 1 aliphatic heterocycles. The SMILES string of the molecule is O=c1[nH]c2ccccc2n1C1CCN(C[C@@H](O)C[C@@H](O)c2ccc(CO)cc2)CC1. The average molecular weight is 412 g/mol. The van der Waals surface area contributed by atoms with Crippen LogP contribution < -0.4 is 5.69 Å². The fourth-order valence-corrected chi connectivity index (χ4v) is 4.41. The van der Waals surface area contributed by atoms with Crippen molar-refractivity contribution in [2.75, 3.05) is 19.6 Å². The highest BCUT2D eigenvalue weighted by Crippen LogP contribution is 2.26. The number of H-pyrrole nitrogens is 1. The molecule has 0 radical (unpaired) electrons. The van der Waals surface area contributed by atoms with Crippen molar-refractivity contribution in [3.8, 4) is 0 Å². The quantitative estimate of drug-likeness (QED) is 0.476. The van der Waals surface area contributed by atoms with Crippen molar-refractivity contribution in [2.24, 2.45) is 0 Å². The Morgan fingerprint density at radius 2 is 1.73 bits per heavy atom. The van der Waals surface area contributed by atoms with E-state index in [0.717, 1.165) is 48.1 Å². The lowest BCUT2D eigenvalue weighted by Crippen LogP contribution is -2.41. The number of benzene rings is 2. The van der Waals surface area contributed by atoms with Crippen LogP contribution >= 0.6 is 0 Å². The zero-order chi connectivity index (χ0) is 21.1. The maximum absolute atomic E-state index is 12.4. The van der Waals surface area contributed by atoms with Gasteiger partial charge in [0.1, 0.15) is 0 Å².